The number of hydrogen-bond donors (Lipinski definition) is 2. The fourth-order valence-electron chi connectivity index (χ4n) is 2.96. The zero-order chi connectivity index (χ0) is 18.1. The maximum absolute atomic E-state index is 11.3. The molecule has 1 aliphatic carbocycles. The third-order valence-electron chi connectivity index (χ3n) is 4.14. The van der Waals surface area contributed by atoms with Gasteiger partial charge in [0, 0.05) is 22.3 Å². The van der Waals surface area contributed by atoms with Crippen molar-refractivity contribution in [3.05, 3.63) is 34.0 Å². The Labute approximate surface area is 152 Å². The monoisotopic (exact) mass is 368 g/mol. The number of halogens is 1. The molecule has 1 heterocycles. The van der Waals surface area contributed by atoms with Crippen LogP contribution in [0.25, 0.3) is 0 Å². The van der Waals surface area contributed by atoms with Gasteiger partial charge in [-0.2, -0.15) is 0 Å². The molecule has 2 rings (SSSR count). The Balaban J connectivity index is 2.53. The third kappa shape index (κ3) is 3.79. The van der Waals surface area contributed by atoms with E-state index in [1.165, 1.54) is 0 Å². The fraction of sp³-hybridized carbons (Fsp3) is 0.611. The second kappa shape index (κ2) is 7.06. The molecule has 6 heteroatoms. The van der Waals surface area contributed by atoms with Crippen LogP contribution in [0.1, 0.15) is 47.0 Å². The van der Waals surface area contributed by atoms with Gasteiger partial charge in [0.05, 0.1) is 5.03 Å². The van der Waals surface area contributed by atoms with Crippen molar-refractivity contribution < 1.29 is 9.63 Å². The van der Waals surface area contributed by atoms with Crippen molar-refractivity contribution in [2.24, 2.45) is 10.6 Å². The van der Waals surface area contributed by atoms with E-state index in [2.05, 4.69) is 51.3 Å². The minimum Gasteiger partial charge on any atom is -0.459 e. The number of oxime groups is 1. The summed E-state index contributed by atoms with van der Waals surface area (Å²) in [5.41, 5.74) is 2.05. The molecule has 0 spiro atoms. The lowest BCUT2D eigenvalue weighted by molar-refractivity contribution is 0.0476. The van der Waals surface area contributed by atoms with Gasteiger partial charge in [-0.15, -0.1) is 5.16 Å². The van der Waals surface area contributed by atoms with Gasteiger partial charge in [0.1, 0.15) is 5.71 Å². The molecule has 0 fully saturated rings. The van der Waals surface area contributed by atoms with Crippen LogP contribution in [0.2, 0.25) is 13.1 Å². The molecule has 1 aliphatic heterocycles. The molecule has 0 saturated heterocycles. The van der Waals surface area contributed by atoms with Gasteiger partial charge in [-0.05, 0) is 32.0 Å². The first-order valence-corrected chi connectivity index (χ1v) is 11.8. The van der Waals surface area contributed by atoms with Gasteiger partial charge in [-0.25, -0.2) is 0 Å². The molecule has 4 nitrogen and oxygen atoms in total. The Morgan fingerprint density at radius 2 is 2.00 bits per heavy atom. The van der Waals surface area contributed by atoms with Gasteiger partial charge in [0.2, 0.25) is 0 Å². The smallest absolute Gasteiger partial charge is 0.266 e. The summed E-state index contributed by atoms with van der Waals surface area (Å²) in [5, 5.41) is 19.3. The summed E-state index contributed by atoms with van der Waals surface area (Å²) in [5.74, 6) is 0. The van der Waals surface area contributed by atoms with Crippen molar-refractivity contribution in [1.29, 1.82) is 0 Å². The predicted molar refractivity (Wildman–Crippen MR) is 104 cm³/mol. The zero-order valence-corrected chi connectivity index (χ0v) is 17.4. The largest absolute Gasteiger partial charge is 0.459 e. The minimum atomic E-state index is -1.28. The van der Waals surface area contributed by atoms with Crippen LogP contribution >= 0.6 is 11.6 Å². The van der Waals surface area contributed by atoms with Gasteiger partial charge in [0.25, 0.3) is 9.04 Å². The lowest BCUT2D eigenvalue weighted by Crippen LogP contribution is -2.44. The molecule has 24 heavy (non-hydrogen) atoms. The summed E-state index contributed by atoms with van der Waals surface area (Å²) in [7, 11) is -1.28. The number of unbranched alkanes of at least 4 members (excludes halogenated alkanes) is 1. The van der Waals surface area contributed by atoms with Crippen molar-refractivity contribution in [3.8, 4) is 0 Å². The van der Waals surface area contributed by atoms with Crippen LogP contribution in [0.4, 0.5) is 0 Å². The zero-order valence-electron chi connectivity index (χ0n) is 15.5. The second-order valence-electron chi connectivity index (χ2n) is 7.78. The average Bonchev–Trinajstić information content (AvgIpc) is 2.79. The van der Waals surface area contributed by atoms with Gasteiger partial charge in [-0.3, -0.25) is 0 Å². The number of aliphatic hydroxyl groups is 1. The maximum Gasteiger partial charge on any atom is 0.266 e. The molecule has 0 amide bonds. The molecular weight excluding hydrogens is 340 g/mol. The highest BCUT2D eigenvalue weighted by Crippen LogP contribution is 2.46. The van der Waals surface area contributed by atoms with Crippen LogP contribution in [-0.2, 0) is 4.53 Å². The standard InChI is InChI=1S/C18H29ClN2O2Si/c1-7-8-11-18(22)14-12(16(20-18)17(2,3)4)9-10-13(15(14)19)21-23-24(5)6/h9-10,20,22,24H,7-8,11H2,1-6H3. The van der Waals surface area contributed by atoms with E-state index in [1.54, 1.807) is 0 Å². The van der Waals surface area contributed by atoms with Crippen molar-refractivity contribution in [3.63, 3.8) is 0 Å². The highest BCUT2D eigenvalue weighted by atomic mass is 35.5. The van der Waals surface area contributed by atoms with Crippen molar-refractivity contribution in [2.75, 3.05) is 0 Å². The number of rotatable bonds is 5. The molecule has 1 unspecified atom stereocenters. The topological polar surface area (TPSA) is 53.8 Å². The molecule has 0 aromatic rings. The summed E-state index contributed by atoms with van der Waals surface area (Å²) >= 11 is 6.64. The Kier molecular flexibility index (Phi) is 5.67. The van der Waals surface area contributed by atoms with Crippen LogP contribution in [0.3, 0.4) is 0 Å². The fourth-order valence-corrected chi connectivity index (χ4v) is 3.64. The normalized spacial score (nSPS) is 25.6. The summed E-state index contributed by atoms with van der Waals surface area (Å²) in [6, 6.07) is 0. The number of allylic oxidation sites excluding steroid dienone is 4. The quantitative estimate of drug-likeness (QED) is 0.565. The van der Waals surface area contributed by atoms with E-state index in [-0.39, 0.29) is 5.41 Å². The second-order valence-corrected chi connectivity index (χ2v) is 10.5. The van der Waals surface area contributed by atoms with Crippen LogP contribution in [0.15, 0.2) is 39.2 Å². The molecule has 134 valence electrons. The number of fused-ring (bicyclic) bond motifs is 1. The SMILES string of the molecule is CCCCC1(O)NC(C(C)(C)C)=C2C=CC(=NO[SiH](C)C)C(Cl)=C21. The van der Waals surface area contributed by atoms with Crippen LogP contribution in [-0.4, -0.2) is 25.6 Å². The van der Waals surface area contributed by atoms with Crippen molar-refractivity contribution in [2.45, 2.75) is 65.8 Å². The third-order valence-corrected chi connectivity index (χ3v) is 5.05. The van der Waals surface area contributed by atoms with E-state index in [1.807, 2.05) is 12.2 Å². The summed E-state index contributed by atoms with van der Waals surface area (Å²) in [6.07, 6.45) is 6.39. The molecule has 0 bridgehead atoms. The van der Waals surface area contributed by atoms with Crippen molar-refractivity contribution in [1.82, 2.24) is 5.32 Å². The highest BCUT2D eigenvalue weighted by molar-refractivity contribution is 6.49. The van der Waals surface area contributed by atoms with Crippen LogP contribution in [0.5, 0.6) is 0 Å². The molecular formula is C18H29ClN2O2Si. The van der Waals surface area contributed by atoms with E-state index in [4.69, 9.17) is 16.1 Å². The predicted octanol–water partition coefficient (Wildman–Crippen LogP) is 4.19. The van der Waals surface area contributed by atoms with Crippen molar-refractivity contribution >= 4 is 26.4 Å². The Morgan fingerprint density at radius 3 is 2.54 bits per heavy atom. The summed E-state index contributed by atoms with van der Waals surface area (Å²) < 4.78 is 5.48. The van der Waals surface area contributed by atoms with E-state index in [0.29, 0.717) is 17.2 Å². The van der Waals surface area contributed by atoms with E-state index in [0.717, 1.165) is 29.7 Å². The van der Waals surface area contributed by atoms with Gasteiger partial charge in [0.15, 0.2) is 5.72 Å². The molecule has 0 saturated carbocycles. The Morgan fingerprint density at radius 1 is 1.33 bits per heavy atom. The average molecular weight is 369 g/mol. The lowest BCUT2D eigenvalue weighted by Gasteiger charge is -2.30. The lowest BCUT2D eigenvalue weighted by atomic mass is 9.85. The first kappa shape index (κ1) is 19.3. The highest BCUT2D eigenvalue weighted by Gasteiger charge is 2.46. The van der Waals surface area contributed by atoms with Crippen LogP contribution in [0, 0.1) is 5.41 Å². The summed E-state index contributed by atoms with van der Waals surface area (Å²) in [6.45, 7) is 12.6. The molecule has 2 N–H and O–H groups in total. The van der Waals surface area contributed by atoms with Gasteiger partial charge >= 0.3 is 0 Å². The molecule has 0 aromatic heterocycles. The van der Waals surface area contributed by atoms with E-state index >= 15 is 0 Å². The first-order valence-electron chi connectivity index (χ1n) is 8.68. The Bertz CT molecular complexity index is 629. The van der Waals surface area contributed by atoms with Gasteiger partial charge in [-0.1, -0.05) is 51.8 Å². The van der Waals surface area contributed by atoms with E-state index < -0.39 is 14.8 Å². The van der Waals surface area contributed by atoms with Gasteiger partial charge < -0.3 is 15.0 Å². The molecule has 0 radical (unpaired) electrons. The number of nitrogens with one attached hydrogen (secondary N) is 1. The minimum absolute atomic E-state index is 0.116. The summed E-state index contributed by atoms with van der Waals surface area (Å²) in [4.78, 5) is 0. The Hall–Kier alpha value is -1.04. The number of hydrogen-bond acceptors (Lipinski definition) is 4. The maximum atomic E-state index is 11.3. The van der Waals surface area contributed by atoms with Crippen LogP contribution < -0.4 is 5.32 Å². The molecule has 2 aliphatic rings. The first-order chi connectivity index (χ1) is 11.1. The molecule has 0 aromatic carbocycles. The molecule has 1 atom stereocenters. The van der Waals surface area contributed by atoms with E-state index in [9.17, 15) is 5.11 Å². The number of nitrogens with zero attached hydrogens (tertiary/aromatic N) is 1.